The maximum Gasteiger partial charge on any atom is 0.341 e. The molecule has 3 rings (SSSR count). The Morgan fingerprint density at radius 2 is 2.00 bits per heavy atom. The SMILES string of the molecule is CC1(C2CCCC2)Cc2cc(OCC(=O)O)c(Cl)c(Cl)c2[C@@H]1O. The molecule has 126 valence electrons. The fourth-order valence-electron chi connectivity index (χ4n) is 4.14. The zero-order valence-electron chi connectivity index (χ0n) is 12.9. The highest BCUT2D eigenvalue weighted by Gasteiger charge is 2.49. The van der Waals surface area contributed by atoms with Gasteiger partial charge in [0.15, 0.2) is 6.61 Å². The summed E-state index contributed by atoms with van der Waals surface area (Å²) in [6, 6.07) is 1.73. The maximum atomic E-state index is 10.9. The van der Waals surface area contributed by atoms with Crippen LogP contribution in [0.3, 0.4) is 0 Å². The summed E-state index contributed by atoms with van der Waals surface area (Å²) in [7, 11) is 0. The van der Waals surface area contributed by atoms with Crippen molar-refractivity contribution in [1.82, 2.24) is 0 Å². The van der Waals surface area contributed by atoms with E-state index < -0.39 is 18.7 Å². The van der Waals surface area contributed by atoms with Gasteiger partial charge in [-0.1, -0.05) is 43.0 Å². The van der Waals surface area contributed by atoms with Gasteiger partial charge in [0.2, 0.25) is 0 Å². The van der Waals surface area contributed by atoms with Gasteiger partial charge < -0.3 is 14.9 Å². The highest BCUT2D eigenvalue weighted by atomic mass is 35.5. The molecule has 1 fully saturated rings. The van der Waals surface area contributed by atoms with Gasteiger partial charge in [0.25, 0.3) is 0 Å². The lowest BCUT2D eigenvalue weighted by atomic mass is 9.72. The van der Waals surface area contributed by atoms with Gasteiger partial charge in [-0.05, 0) is 36.8 Å². The molecule has 1 unspecified atom stereocenters. The number of fused-ring (bicyclic) bond motifs is 1. The third-order valence-corrected chi connectivity index (χ3v) is 6.27. The van der Waals surface area contributed by atoms with Gasteiger partial charge in [-0.2, -0.15) is 0 Å². The van der Waals surface area contributed by atoms with Gasteiger partial charge in [0, 0.05) is 11.0 Å². The number of hydrogen-bond acceptors (Lipinski definition) is 3. The van der Waals surface area contributed by atoms with Crippen molar-refractivity contribution >= 4 is 29.2 Å². The second-order valence-electron chi connectivity index (χ2n) is 6.82. The average Bonchev–Trinajstić information content (AvgIpc) is 3.10. The van der Waals surface area contributed by atoms with Crippen molar-refractivity contribution in [3.05, 3.63) is 27.2 Å². The predicted octanol–water partition coefficient (Wildman–Crippen LogP) is 4.24. The van der Waals surface area contributed by atoms with Crippen molar-refractivity contribution in [3.8, 4) is 5.75 Å². The lowest BCUT2D eigenvalue weighted by molar-refractivity contribution is -0.139. The molecule has 2 atom stereocenters. The van der Waals surface area contributed by atoms with Crippen molar-refractivity contribution in [3.63, 3.8) is 0 Å². The molecule has 0 spiro atoms. The highest BCUT2D eigenvalue weighted by molar-refractivity contribution is 6.43. The number of hydrogen-bond donors (Lipinski definition) is 2. The molecule has 0 bridgehead atoms. The number of carboxylic acids is 1. The number of aliphatic hydroxyl groups excluding tert-OH is 1. The summed E-state index contributed by atoms with van der Waals surface area (Å²) in [5, 5.41) is 20.1. The van der Waals surface area contributed by atoms with Crippen LogP contribution in [-0.4, -0.2) is 22.8 Å². The highest BCUT2D eigenvalue weighted by Crippen LogP contribution is 2.57. The van der Waals surface area contributed by atoms with Crippen LogP contribution >= 0.6 is 23.2 Å². The minimum Gasteiger partial charge on any atom is -0.480 e. The molecule has 0 radical (unpaired) electrons. The van der Waals surface area contributed by atoms with Crippen molar-refractivity contribution in [2.75, 3.05) is 6.61 Å². The molecular weight excluding hydrogens is 339 g/mol. The first kappa shape index (κ1) is 16.9. The molecule has 2 aliphatic carbocycles. The zero-order chi connectivity index (χ0) is 16.8. The molecule has 2 aliphatic rings. The minimum atomic E-state index is -1.08. The Kier molecular flexibility index (Phi) is 4.51. The molecule has 6 heteroatoms. The lowest BCUT2D eigenvalue weighted by Crippen LogP contribution is -2.30. The van der Waals surface area contributed by atoms with E-state index in [4.69, 9.17) is 33.0 Å². The molecule has 1 saturated carbocycles. The Morgan fingerprint density at radius 1 is 1.35 bits per heavy atom. The van der Waals surface area contributed by atoms with Crippen LogP contribution in [0.15, 0.2) is 6.07 Å². The molecule has 1 aromatic rings. The number of carbonyl (C=O) groups is 1. The molecule has 1 aromatic carbocycles. The number of aliphatic carboxylic acids is 1. The summed E-state index contributed by atoms with van der Waals surface area (Å²) in [6.45, 7) is 1.63. The Balaban J connectivity index is 1.96. The predicted molar refractivity (Wildman–Crippen MR) is 88.3 cm³/mol. The van der Waals surface area contributed by atoms with E-state index in [-0.39, 0.29) is 21.2 Å². The summed E-state index contributed by atoms with van der Waals surface area (Å²) in [4.78, 5) is 10.7. The van der Waals surface area contributed by atoms with E-state index in [2.05, 4.69) is 6.92 Å². The second-order valence-corrected chi connectivity index (χ2v) is 7.58. The van der Waals surface area contributed by atoms with Crippen LogP contribution in [0.4, 0.5) is 0 Å². The Labute approximate surface area is 145 Å². The fourth-order valence-corrected chi connectivity index (χ4v) is 4.67. The summed E-state index contributed by atoms with van der Waals surface area (Å²) >= 11 is 12.6. The van der Waals surface area contributed by atoms with E-state index in [1.54, 1.807) is 6.07 Å². The van der Waals surface area contributed by atoms with Crippen LogP contribution in [0.25, 0.3) is 0 Å². The quantitative estimate of drug-likeness (QED) is 0.844. The third kappa shape index (κ3) is 2.81. The van der Waals surface area contributed by atoms with Crippen LogP contribution in [-0.2, 0) is 11.2 Å². The Bertz CT molecular complexity index is 640. The van der Waals surface area contributed by atoms with Gasteiger partial charge in [-0.15, -0.1) is 0 Å². The molecule has 0 saturated heterocycles. The molecular formula is C17H20Cl2O4. The van der Waals surface area contributed by atoms with Crippen LogP contribution in [0.5, 0.6) is 5.75 Å². The van der Waals surface area contributed by atoms with Crippen LogP contribution in [0, 0.1) is 11.3 Å². The van der Waals surface area contributed by atoms with E-state index in [1.807, 2.05) is 0 Å². The number of carboxylic acid groups (broad SMARTS) is 1. The number of aliphatic hydroxyl groups is 1. The minimum absolute atomic E-state index is 0.168. The first-order valence-corrected chi connectivity index (χ1v) is 8.63. The van der Waals surface area contributed by atoms with E-state index in [0.717, 1.165) is 18.4 Å². The summed E-state index contributed by atoms with van der Waals surface area (Å²) < 4.78 is 5.24. The van der Waals surface area contributed by atoms with Crippen molar-refractivity contribution in [2.24, 2.45) is 11.3 Å². The van der Waals surface area contributed by atoms with Crippen molar-refractivity contribution in [2.45, 2.75) is 45.1 Å². The molecule has 23 heavy (non-hydrogen) atoms. The summed E-state index contributed by atoms with van der Waals surface area (Å²) in [5.74, 6) is -0.350. The number of ether oxygens (including phenoxy) is 1. The molecule has 0 aromatic heterocycles. The molecule has 0 heterocycles. The fraction of sp³-hybridized carbons (Fsp3) is 0.588. The topological polar surface area (TPSA) is 66.8 Å². The van der Waals surface area contributed by atoms with Crippen LogP contribution in [0.2, 0.25) is 10.0 Å². The van der Waals surface area contributed by atoms with Gasteiger partial charge in [-0.25, -0.2) is 4.79 Å². The van der Waals surface area contributed by atoms with E-state index in [9.17, 15) is 9.90 Å². The third-order valence-electron chi connectivity index (χ3n) is 5.41. The first-order valence-electron chi connectivity index (χ1n) is 7.88. The molecule has 0 amide bonds. The maximum absolute atomic E-state index is 10.9. The Hall–Kier alpha value is -0.970. The van der Waals surface area contributed by atoms with Crippen molar-refractivity contribution in [1.29, 1.82) is 0 Å². The molecule has 4 nitrogen and oxygen atoms in total. The summed E-state index contributed by atoms with van der Waals surface area (Å²) in [5.41, 5.74) is 1.33. The number of halogens is 2. The average molecular weight is 359 g/mol. The normalized spacial score (nSPS) is 27.2. The smallest absolute Gasteiger partial charge is 0.341 e. The van der Waals surface area contributed by atoms with E-state index >= 15 is 0 Å². The van der Waals surface area contributed by atoms with Crippen LogP contribution < -0.4 is 4.74 Å². The summed E-state index contributed by atoms with van der Waals surface area (Å²) in [6.07, 6.45) is 4.69. The van der Waals surface area contributed by atoms with Gasteiger partial charge in [-0.3, -0.25) is 0 Å². The lowest BCUT2D eigenvalue weighted by Gasteiger charge is -2.35. The zero-order valence-corrected chi connectivity index (χ0v) is 14.5. The number of rotatable bonds is 4. The standard InChI is InChI=1S/C17H20Cl2O4/c1-17(10-4-2-3-5-10)7-9-6-11(23-8-12(20)21)14(18)15(19)13(9)16(17)22/h6,10,16,22H,2-5,7-8H2,1H3,(H,20,21)/t16-,17?/m0/s1. The van der Waals surface area contributed by atoms with Crippen molar-refractivity contribution < 1.29 is 19.7 Å². The molecule has 2 N–H and O–H groups in total. The van der Waals surface area contributed by atoms with E-state index in [1.165, 1.54) is 12.8 Å². The number of benzene rings is 1. The van der Waals surface area contributed by atoms with Gasteiger partial charge in [0.05, 0.1) is 11.1 Å². The van der Waals surface area contributed by atoms with Gasteiger partial charge in [0.1, 0.15) is 10.8 Å². The largest absolute Gasteiger partial charge is 0.480 e. The molecule has 0 aliphatic heterocycles. The first-order chi connectivity index (χ1) is 10.8. The van der Waals surface area contributed by atoms with Gasteiger partial charge >= 0.3 is 5.97 Å². The van der Waals surface area contributed by atoms with Crippen LogP contribution in [0.1, 0.15) is 49.8 Å². The monoisotopic (exact) mass is 358 g/mol. The van der Waals surface area contributed by atoms with E-state index in [0.29, 0.717) is 17.9 Å². The Morgan fingerprint density at radius 3 is 2.61 bits per heavy atom. The second kappa shape index (κ2) is 6.15.